The minimum absolute atomic E-state index is 0.0305. The Morgan fingerprint density at radius 1 is 0.867 bits per heavy atom. The molecule has 4 aromatic rings. The van der Waals surface area contributed by atoms with Crippen molar-refractivity contribution in [1.29, 1.82) is 0 Å². The number of hydrogen-bond donors (Lipinski definition) is 1. The highest BCUT2D eigenvalue weighted by atomic mass is 79.9. The molecule has 0 fully saturated rings. The van der Waals surface area contributed by atoms with Gasteiger partial charge < -0.3 is 10.2 Å². The maximum atomic E-state index is 14.6. The first-order chi connectivity index (χ1) is 21.2. The van der Waals surface area contributed by atoms with Gasteiger partial charge >= 0.3 is 0 Å². The number of carbonyl (C=O) groups excluding carboxylic acids is 2. The van der Waals surface area contributed by atoms with Crippen LogP contribution in [-0.4, -0.2) is 43.3 Å². The molecule has 0 aliphatic rings. The van der Waals surface area contributed by atoms with Crippen LogP contribution in [-0.2, 0) is 32.6 Å². The lowest BCUT2D eigenvalue weighted by Crippen LogP contribution is -2.56. The van der Waals surface area contributed by atoms with E-state index in [1.165, 1.54) is 23.1 Å². The van der Waals surface area contributed by atoms with Crippen LogP contribution < -0.4 is 9.62 Å². The van der Waals surface area contributed by atoms with Crippen molar-refractivity contribution in [2.24, 2.45) is 0 Å². The highest BCUT2D eigenvalue weighted by molar-refractivity contribution is 9.10. The number of aryl methyl sites for hydroxylation is 1. The quantitative estimate of drug-likeness (QED) is 0.179. The Morgan fingerprint density at radius 3 is 2.07 bits per heavy atom. The first-order valence-electron chi connectivity index (χ1n) is 14.5. The molecule has 0 aromatic heterocycles. The lowest BCUT2D eigenvalue weighted by molar-refractivity contribution is -0.140. The van der Waals surface area contributed by atoms with Crippen LogP contribution in [0.5, 0.6) is 0 Å². The van der Waals surface area contributed by atoms with Crippen molar-refractivity contribution in [1.82, 2.24) is 10.2 Å². The van der Waals surface area contributed by atoms with E-state index in [-0.39, 0.29) is 29.5 Å². The highest BCUT2D eigenvalue weighted by Gasteiger charge is 2.36. The van der Waals surface area contributed by atoms with Crippen molar-refractivity contribution in [3.63, 3.8) is 0 Å². The first-order valence-corrected chi connectivity index (χ1v) is 17.1. The van der Waals surface area contributed by atoms with E-state index < -0.39 is 34.1 Å². The predicted molar refractivity (Wildman–Crippen MR) is 184 cm³/mol. The van der Waals surface area contributed by atoms with Gasteiger partial charge in [-0.05, 0) is 80.8 Å². The summed E-state index contributed by atoms with van der Waals surface area (Å²) in [4.78, 5) is 30.0. The summed E-state index contributed by atoms with van der Waals surface area (Å²) in [7, 11) is -4.21. The van der Waals surface area contributed by atoms with Crippen LogP contribution in [0.2, 0.25) is 5.02 Å². The summed E-state index contributed by atoms with van der Waals surface area (Å²) in [6.45, 7) is 6.92. The number of carbonyl (C=O) groups is 2. The van der Waals surface area contributed by atoms with Crippen molar-refractivity contribution < 1.29 is 18.0 Å². The second-order valence-electron chi connectivity index (χ2n) is 11.8. The Labute approximate surface area is 279 Å². The van der Waals surface area contributed by atoms with Crippen molar-refractivity contribution >= 4 is 55.1 Å². The molecule has 4 rings (SSSR count). The molecule has 4 aromatic carbocycles. The minimum atomic E-state index is -4.21. The summed E-state index contributed by atoms with van der Waals surface area (Å²) in [5, 5.41) is 3.37. The van der Waals surface area contributed by atoms with E-state index in [1.807, 2.05) is 75.4 Å². The monoisotopic (exact) mass is 709 g/mol. The van der Waals surface area contributed by atoms with Gasteiger partial charge in [-0.25, -0.2) is 8.42 Å². The van der Waals surface area contributed by atoms with Gasteiger partial charge in [0, 0.05) is 28.0 Å². The molecule has 0 unspecified atom stereocenters. The van der Waals surface area contributed by atoms with Crippen molar-refractivity contribution in [3.8, 4) is 0 Å². The van der Waals surface area contributed by atoms with E-state index in [0.29, 0.717) is 10.6 Å². The van der Waals surface area contributed by atoms with Crippen LogP contribution >= 0.6 is 27.5 Å². The van der Waals surface area contributed by atoms with Gasteiger partial charge in [-0.1, -0.05) is 94.3 Å². The highest BCUT2D eigenvalue weighted by Crippen LogP contribution is 2.30. The summed E-state index contributed by atoms with van der Waals surface area (Å²) in [6.07, 6.45) is 0.229. The van der Waals surface area contributed by atoms with E-state index in [0.717, 1.165) is 19.9 Å². The van der Waals surface area contributed by atoms with E-state index >= 15 is 0 Å². The molecule has 2 amide bonds. The van der Waals surface area contributed by atoms with Gasteiger partial charge in [0.05, 0.1) is 10.6 Å². The smallest absolute Gasteiger partial charge is 0.264 e. The SMILES string of the molecule is Cc1ccc(Cl)cc1N(CC(=O)N(Cc1ccc(Br)cc1)[C@H](Cc1ccccc1)C(=O)NC(C)(C)C)S(=O)(=O)c1ccccc1. The maximum absolute atomic E-state index is 14.6. The molecule has 0 saturated carbocycles. The van der Waals surface area contributed by atoms with E-state index in [4.69, 9.17) is 11.6 Å². The number of benzene rings is 4. The Hall–Kier alpha value is -3.66. The van der Waals surface area contributed by atoms with E-state index in [9.17, 15) is 18.0 Å². The normalized spacial score (nSPS) is 12.3. The number of nitrogens with zero attached hydrogens (tertiary/aromatic N) is 2. The van der Waals surface area contributed by atoms with Crippen molar-refractivity contribution in [2.75, 3.05) is 10.8 Å². The number of rotatable bonds is 11. The fourth-order valence-corrected chi connectivity index (χ4v) is 6.80. The molecule has 0 saturated heterocycles. The van der Waals surface area contributed by atoms with Crippen LogP contribution in [0.25, 0.3) is 0 Å². The van der Waals surface area contributed by atoms with Crippen LogP contribution in [0.15, 0.2) is 112 Å². The fourth-order valence-electron chi connectivity index (χ4n) is 4.88. The molecular formula is C35H37BrClN3O4S. The van der Waals surface area contributed by atoms with E-state index in [2.05, 4.69) is 21.2 Å². The maximum Gasteiger partial charge on any atom is 0.264 e. The van der Waals surface area contributed by atoms with Gasteiger partial charge in [-0.15, -0.1) is 0 Å². The van der Waals surface area contributed by atoms with Gasteiger partial charge in [-0.2, -0.15) is 0 Å². The number of hydrogen-bond acceptors (Lipinski definition) is 4. The largest absolute Gasteiger partial charge is 0.350 e. The molecule has 0 bridgehead atoms. The third-order valence-electron chi connectivity index (χ3n) is 7.09. The summed E-state index contributed by atoms with van der Waals surface area (Å²) >= 11 is 9.80. The zero-order valence-corrected chi connectivity index (χ0v) is 28.9. The molecule has 1 atom stereocenters. The van der Waals surface area contributed by atoms with Gasteiger partial charge in [0.2, 0.25) is 11.8 Å². The molecule has 45 heavy (non-hydrogen) atoms. The summed E-state index contributed by atoms with van der Waals surface area (Å²) in [5.74, 6) is -0.880. The van der Waals surface area contributed by atoms with Crippen molar-refractivity contribution in [2.45, 2.75) is 57.1 Å². The molecule has 1 N–H and O–H groups in total. The first kappa shape index (κ1) is 34.2. The third-order valence-corrected chi connectivity index (χ3v) is 9.62. The number of halogens is 2. The Balaban J connectivity index is 1.84. The molecule has 7 nitrogen and oxygen atoms in total. The average Bonchev–Trinajstić information content (AvgIpc) is 3.00. The minimum Gasteiger partial charge on any atom is -0.350 e. The van der Waals surface area contributed by atoms with Gasteiger partial charge in [0.15, 0.2) is 0 Å². The van der Waals surface area contributed by atoms with Gasteiger partial charge in [0.1, 0.15) is 12.6 Å². The van der Waals surface area contributed by atoms with Crippen LogP contribution in [0.3, 0.4) is 0 Å². The molecule has 10 heteroatoms. The fraction of sp³-hybridized carbons (Fsp3) is 0.257. The summed E-state index contributed by atoms with van der Waals surface area (Å²) < 4.78 is 30.3. The van der Waals surface area contributed by atoms with Crippen LogP contribution in [0, 0.1) is 6.92 Å². The summed E-state index contributed by atoms with van der Waals surface area (Å²) in [6, 6.07) is 28.8. The molecular weight excluding hydrogens is 674 g/mol. The molecule has 0 heterocycles. The Bertz CT molecular complexity index is 1730. The Morgan fingerprint density at radius 2 is 1.47 bits per heavy atom. The zero-order chi connectivity index (χ0) is 32.8. The van der Waals surface area contributed by atoms with Crippen LogP contribution in [0.1, 0.15) is 37.5 Å². The molecule has 236 valence electrons. The second kappa shape index (κ2) is 14.6. The average molecular weight is 711 g/mol. The lowest BCUT2D eigenvalue weighted by Gasteiger charge is -2.35. The number of amides is 2. The summed E-state index contributed by atoms with van der Waals surface area (Å²) in [5.41, 5.74) is 1.97. The molecule has 0 radical (unpaired) electrons. The topological polar surface area (TPSA) is 86.8 Å². The van der Waals surface area contributed by atoms with Gasteiger partial charge in [-0.3, -0.25) is 13.9 Å². The van der Waals surface area contributed by atoms with Gasteiger partial charge in [0.25, 0.3) is 10.0 Å². The lowest BCUT2D eigenvalue weighted by atomic mass is 10.0. The number of sulfonamides is 1. The molecule has 0 aliphatic carbocycles. The molecule has 0 spiro atoms. The third kappa shape index (κ3) is 9.19. The molecule has 0 aliphatic heterocycles. The zero-order valence-electron chi connectivity index (χ0n) is 25.7. The Kier molecular flexibility index (Phi) is 11.1. The number of nitrogens with one attached hydrogen (secondary N) is 1. The standard InChI is InChI=1S/C35H37BrClN3O4S/c1-25-15-20-29(37)22-31(25)40(45(43,44)30-13-9-6-10-14-30)24-33(41)39(23-27-16-18-28(36)19-17-27)32(34(42)38-35(2,3)4)21-26-11-7-5-8-12-26/h5-20,22,32H,21,23-24H2,1-4H3,(H,38,42)/t32-/m1/s1. The van der Waals surface area contributed by atoms with E-state index in [1.54, 1.807) is 37.3 Å². The van der Waals surface area contributed by atoms with Crippen molar-refractivity contribution in [3.05, 3.63) is 129 Å². The van der Waals surface area contributed by atoms with Crippen LogP contribution in [0.4, 0.5) is 5.69 Å². The number of anilines is 1. The predicted octanol–water partition coefficient (Wildman–Crippen LogP) is 7.16. The second-order valence-corrected chi connectivity index (χ2v) is 15.1.